The molecule has 10 heteroatoms. The van der Waals surface area contributed by atoms with E-state index >= 15 is 0 Å². The van der Waals surface area contributed by atoms with Crippen LogP contribution >= 0.6 is 11.6 Å². The van der Waals surface area contributed by atoms with Gasteiger partial charge in [-0.15, -0.1) is 0 Å². The van der Waals surface area contributed by atoms with Crippen LogP contribution in [-0.2, 0) is 14.3 Å². The first kappa shape index (κ1) is 26.6. The largest absolute Gasteiger partial charge is 0.371 e. The number of fused-ring (bicyclic) bond motifs is 1. The number of nitrogens with zero attached hydrogens (tertiary/aromatic N) is 3. The summed E-state index contributed by atoms with van der Waals surface area (Å²) in [6, 6.07) is 10.5. The number of amides is 2. The Balaban J connectivity index is 1.17. The number of nitrogens with one attached hydrogen (secondary N) is 3. The van der Waals surface area contributed by atoms with Gasteiger partial charge in [-0.3, -0.25) is 9.59 Å². The number of hydrogen-bond donors (Lipinski definition) is 3. The zero-order chi connectivity index (χ0) is 26.8. The lowest BCUT2D eigenvalue weighted by Gasteiger charge is -2.34. The lowest BCUT2D eigenvalue weighted by Crippen LogP contribution is -2.44. The predicted molar refractivity (Wildman–Crippen MR) is 150 cm³/mol. The van der Waals surface area contributed by atoms with Crippen LogP contribution in [0, 0.1) is 5.92 Å². The minimum atomic E-state index is -0.385. The third kappa shape index (κ3) is 5.99. The van der Waals surface area contributed by atoms with Gasteiger partial charge in [0.2, 0.25) is 18.2 Å². The van der Waals surface area contributed by atoms with Gasteiger partial charge in [0.05, 0.1) is 22.5 Å². The summed E-state index contributed by atoms with van der Waals surface area (Å²) in [5.41, 5.74) is 3.64. The summed E-state index contributed by atoms with van der Waals surface area (Å²) in [6.07, 6.45) is 3.18. The number of rotatable bonds is 6. The van der Waals surface area contributed by atoms with Gasteiger partial charge in [0.15, 0.2) is 5.82 Å². The Bertz CT molecular complexity index is 1160. The Morgan fingerprint density at radius 3 is 2.37 bits per heavy atom. The fourth-order valence-corrected chi connectivity index (χ4v) is 5.71. The molecule has 0 radical (unpaired) electrons. The zero-order valence-electron chi connectivity index (χ0n) is 22.3. The van der Waals surface area contributed by atoms with Crippen molar-refractivity contribution < 1.29 is 14.3 Å². The summed E-state index contributed by atoms with van der Waals surface area (Å²) in [5, 5.41) is 10.3. The maximum Gasteiger partial charge on any atom is 0.225 e. The molecule has 1 unspecified atom stereocenters. The molecule has 0 aliphatic carbocycles. The number of benzene rings is 1. The van der Waals surface area contributed by atoms with E-state index in [2.05, 4.69) is 45.1 Å². The molecular weight excluding hydrogens is 504 g/mol. The topological polar surface area (TPSA) is 98.8 Å². The molecule has 1 atom stereocenters. The van der Waals surface area contributed by atoms with E-state index in [0.29, 0.717) is 10.8 Å². The van der Waals surface area contributed by atoms with Gasteiger partial charge in [-0.1, -0.05) is 37.6 Å². The summed E-state index contributed by atoms with van der Waals surface area (Å²) in [4.78, 5) is 32.7. The van der Waals surface area contributed by atoms with Gasteiger partial charge in [0, 0.05) is 56.3 Å². The van der Waals surface area contributed by atoms with Crippen molar-refractivity contribution >= 4 is 40.6 Å². The standard InChI is InChI=1S/C28H37ClN6O3/c1-17(2)27(37)35-14-10-22(11-15-35)38-28-31-24-16-23(29)25(32-26(24)33-28)19-4-6-21(7-5-19)34-12-8-20(9-13-34)30-18(3)36/h4-7,16-17,20,22,28,31H,8-15H2,1-3H3,(H,30,36)(H,32,33). The average molecular weight is 541 g/mol. The van der Waals surface area contributed by atoms with Crippen molar-refractivity contribution in [3.8, 4) is 11.3 Å². The second-order valence-corrected chi connectivity index (χ2v) is 11.1. The molecule has 0 bridgehead atoms. The quantitative estimate of drug-likeness (QED) is 0.502. The number of pyridine rings is 1. The summed E-state index contributed by atoms with van der Waals surface area (Å²) in [7, 11) is 0. The molecule has 3 N–H and O–H groups in total. The first-order chi connectivity index (χ1) is 18.3. The molecule has 3 aliphatic heterocycles. The van der Waals surface area contributed by atoms with Gasteiger partial charge in [-0.2, -0.15) is 0 Å². The maximum atomic E-state index is 12.2. The van der Waals surface area contributed by atoms with Crippen LogP contribution in [0.1, 0.15) is 46.5 Å². The van der Waals surface area contributed by atoms with Gasteiger partial charge in [-0.25, -0.2) is 4.98 Å². The molecule has 2 fully saturated rings. The molecular formula is C28H37ClN6O3. The third-order valence-electron chi connectivity index (χ3n) is 7.51. The summed E-state index contributed by atoms with van der Waals surface area (Å²) in [5.74, 6) is 0.981. The van der Waals surface area contributed by atoms with Crippen molar-refractivity contribution in [2.45, 2.75) is 65.0 Å². The van der Waals surface area contributed by atoms with E-state index < -0.39 is 0 Å². The van der Waals surface area contributed by atoms with Crippen molar-refractivity contribution in [2.75, 3.05) is 41.7 Å². The molecule has 4 heterocycles. The van der Waals surface area contributed by atoms with Crippen molar-refractivity contribution in [2.24, 2.45) is 5.92 Å². The zero-order valence-corrected chi connectivity index (χ0v) is 23.1. The van der Waals surface area contributed by atoms with Gasteiger partial charge in [0.25, 0.3) is 0 Å². The van der Waals surface area contributed by atoms with Crippen LogP contribution in [0.2, 0.25) is 5.02 Å². The molecule has 0 spiro atoms. The normalized spacial score (nSPS) is 20.2. The van der Waals surface area contributed by atoms with Crippen LogP contribution in [0.5, 0.6) is 0 Å². The molecule has 38 heavy (non-hydrogen) atoms. The first-order valence-electron chi connectivity index (χ1n) is 13.6. The fraction of sp³-hybridized carbons (Fsp3) is 0.536. The molecule has 1 aromatic heterocycles. The minimum Gasteiger partial charge on any atom is -0.371 e. The monoisotopic (exact) mass is 540 g/mol. The van der Waals surface area contributed by atoms with E-state index in [0.717, 1.165) is 74.5 Å². The highest BCUT2D eigenvalue weighted by molar-refractivity contribution is 6.33. The highest BCUT2D eigenvalue weighted by Crippen LogP contribution is 2.37. The Labute approximate surface area is 229 Å². The third-order valence-corrected chi connectivity index (χ3v) is 7.80. The van der Waals surface area contributed by atoms with Crippen LogP contribution in [0.3, 0.4) is 0 Å². The highest BCUT2D eigenvalue weighted by atomic mass is 35.5. The van der Waals surface area contributed by atoms with Crippen LogP contribution < -0.4 is 20.9 Å². The van der Waals surface area contributed by atoms with Crippen molar-refractivity contribution in [3.05, 3.63) is 35.4 Å². The number of piperidine rings is 2. The number of likely N-dealkylation sites (tertiary alicyclic amines) is 1. The molecule has 204 valence electrons. The highest BCUT2D eigenvalue weighted by Gasteiger charge is 2.30. The number of ether oxygens (including phenoxy) is 1. The number of anilines is 3. The molecule has 9 nitrogen and oxygen atoms in total. The molecule has 2 aromatic rings. The Hall–Kier alpha value is -3.04. The van der Waals surface area contributed by atoms with E-state index in [1.54, 1.807) is 6.92 Å². The van der Waals surface area contributed by atoms with E-state index in [-0.39, 0.29) is 36.2 Å². The first-order valence-corrected chi connectivity index (χ1v) is 13.9. The molecule has 2 amide bonds. The van der Waals surface area contributed by atoms with Crippen molar-refractivity contribution in [3.63, 3.8) is 0 Å². The molecule has 2 saturated heterocycles. The molecule has 1 aromatic carbocycles. The molecule has 0 saturated carbocycles. The number of halogens is 1. The number of hydrogen-bond acceptors (Lipinski definition) is 7. The summed E-state index contributed by atoms with van der Waals surface area (Å²) < 4.78 is 6.25. The van der Waals surface area contributed by atoms with Crippen LogP contribution in [0.15, 0.2) is 30.3 Å². The predicted octanol–water partition coefficient (Wildman–Crippen LogP) is 4.29. The van der Waals surface area contributed by atoms with Gasteiger partial charge in [0.1, 0.15) is 0 Å². The smallest absolute Gasteiger partial charge is 0.225 e. The maximum absolute atomic E-state index is 12.2. The van der Waals surface area contributed by atoms with Gasteiger partial charge >= 0.3 is 0 Å². The lowest BCUT2D eigenvalue weighted by atomic mass is 10.0. The van der Waals surface area contributed by atoms with Crippen LogP contribution in [0.25, 0.3) is 11.3 Å². The van der Waals surface area contributed by atoms with Crippen molar-refractivity contribution in [1.29, 1.82) is 0 Å². The van der Waals surface area contributed by atoms with Crippen LogP contribution in [0.4, 0.5) is 17.2 Å². The minimum absolute atomic E-state index is 0.0232. The Kier molecular flexibility index (Phi) is 7.95. The van der Waals surface area contributed by atoms with E-state index in [9.17, 15) is 9.59 Å². The fourth-order valence-electron chi connectivity index (χ4n) is 5.45. The van der Waals surface area contributed by atoms with E-state index in [1.165, 1.54) is 0 Å². The Morgan fingerprint density at radius 1 is 1.05 bits per heavy atom. The van der Waals surface area contributed by atoms with E-state index in [4.69, 9.17) is 21.3 Å². The number of carbonyl (C=O) groups excluding carboxylic acids is 2. The number of carbonyl (C=O) groups is 2. The summed E-state index contributed by atoms with van der Waals surface area (Å²) >= 11 is 6.65. The molecule has 3 aliphatic rings. The van der Waals surface area contributed by atoms with E-state index in [1.807, 2.05) is 24.8 Å². The van der Waals surface area contributed by atoms with Crippen LogP contribution in [-0.4, -0.2) is 66.4 Å². The summed E-state index contributed by atoms with van der Waals surface area (Å²) in [6.45, 7) is 8.71. The average Bonchev–Trinajstić information content (AvgIpc) is 3.29. The number of aromatic nitrogens is 1. The second kappa shape index (κ2) is 11.4. The second-order valence-electron chi connectivity index (χ2n) is 10.7. The Morgan fingerprint density at radius 2 is 1.74 bits per heavy atom. The SMILES string of the molecule is CC(=O)NC1CCN(c2ccc(-c3nc4c(cc3Cl)NC(OC3CCN(C(=O)C(C)C)CC3)N4)cc2)CC1. The van der Waals surface area contributed by atoms with Gasteiger partial charge in [-0.05, 0) is 43.9 Å². The van der Waals surface area contributed by atoms with Gasteiger partial charge < -0.3 is 30.5 Å². The molecule has 5 rings (SSSR count). The van der Waals surface area contributed by atoms with Crippen molar-refractivity contribution in [1.82, 2.24) is 15.2 Å². The lowest BCUT2D eigenvalue weighted by molar-refractivity contribution is -0.137.